The maximum Gasteiger partial charge on any atom is 0.151 e. The summed E-state index contributed by atoms with van der Waals surface area (Å²) in [5.41, 5.74) is 15.8. The summed E-state index contributed by atoms with van der Waals surface area (Å²) < 4.78 is 11.8. The molecule has 0 saturated carbocycles. The van der Waals surface area contributed by atoms with Crippen LogP contribution in [0.15, 0.2) is 170 Å². The second-order valence-corrected chi connectivity index (χ2v) is 15.5. The zero-order valence-corrected chi connectivity index (χ0v) is 31.2. The van der Waals surface area contributed by atoms with E-state index in [1.54, 1.807) is 0 Å². The lowest BCUT2D eigenvalue weighted by Crippen LogP contribution is -2.12. The number of fused-ring (bicyclic) bond motifs is 10. The van der Waals surface area contributed by atoms with Crippen molar-refractivity contribution in [3.05, 3.63) is 181 Å². The molecule has 12 rings (SSSR count). The summed E-state index contributed by atoms with van der Waals surface area (Å²) in [6.45, 7) is 2.23. The van der Waals surface area contributed by atoms with Crippen LogP contribution in [-0.2, 0) is 0 Å². The lowest BCUT2D eigenvalue weighted by molar-refractivity contribution is 0.278. The predicted octanol–water partition coefficient (Wildman–Crippen LogP) is 14.0. The molecular weight excluding hydrogens is 681 g/mol. The number of hydrogen-bond acceptors (Lipinski definition) is 1. The Morgan fingerprint density at radius 1 is 0.571 bits per heavy atom. The van der Waals surface area contributed by atoms with Gasteiger partial charge in [0.15, 0.2) is 5.75 Å². The third-order valence-corrected chi connectivity index (χ3v) is 12.3. The van der Waals surface area contributed by atoms with Gasteiger partial charge in [0.25, 0.3) is 0 Å². The molecule has 3 aliphatic rings. The first-order valence-electron chi connectivity index (χ1n) is 19.8. The Morgan fingerprint density at radius 3 is 2.16 bits per heavy atom. The molecule has 1 atom stereocenters. The van der Waals surface area contributed by atoms with Crippen LogP contribution in [-0.4, -0.2) is 15.2 Å². The summed E-state index contributed by atoms with van der Waals surface area (Å²) in [5, 5.41) is 7.54. The van der Waals surface area contributed by atoms with Gasteiger partial charge in [-0.05, 0) is 107 Å². The van der Waals surface area contributed by atoms with Gasteiger partial charge in [0.05, 0.1) is 27.8 Å². The zero-order valence-electron chi connectivity index (χ0n) is 31.2. The molecule has 1 aliphatic heterocycles. The van der Waals surface area contributed by atoms with Crippen LogP contribution in [0.25, 0.3) is 93.6 Å². The van der Waals surface area contributed by atoms with E-state index in [2.05, 4.69) is 186 Å². The molecule has 0 spiro atoms. The SMILES string of the molecule is Cc1cccc2c3cc(-c4ccc5c(c4)c4ccccc4n5-c4cc(-c5cccc6ccccc56)cc5c4OC4CC=CC=C54)ccc3n(C3=CCCC=C3)c12. The first kappa shape index (κ1) is 31.5. The fourth-order valence-electron chi connectivity index (χ4n) is 9.74. The van der Waals surface area contributed by atoms with Gasteiger partial charge in [0.1, 0.15) is 6.10 Å². The van der Waals surface area contributed by atoms with Gasteiger partial charge < -0.3 is 13.9 Å². The Balaban J connectivity index is 1.08. The van der Waals surface area contributed by atoms with Gasteiger partial charge in [-0.2, -0.15) is 0 Å². The van der Waals surface area contributed by atoms with E-state index in [1.807, 2.05) is 0 Å². The molecule has 7 aromatic carbocycles. The second-order valence-electron chi connectivity index (χ2n) is 15.5. The molecule has 2 aromatic heterocycles. The second kappa shape index (κ2) is 12.1. The van der Waals surface area contributed by atoms with Gasteiger partial charge in [-0.3, -0.25) is 0 Å². The van der Waals surface area contributed by atoms with Crippen LogP contribution in [0.5, 0.6) is 5.75 Å². The smallest absolute Gasteiger partial charge is 0.151 e. The average Bonchev–Trinajstić information content (AvgIpc) is 3.91. The number of rotatable bonds is 4. The summed E-state index contributed by atoms with van der Waals surface area (Å²) in [7, 11) is 0. The normalized spacial score (nSPS) is 16.1. The fourth-order valence-corrected chi connectivity index (χ4v) is 9.74. The molecule has 0 bridgehead atoms. The first-order valence-corrected chi connectivity index (χ1v) is 19.8. The monoisotopic (exact) mass is 718 g/mol. The summed E-state index contributed by atoms with van der Waals surface area (Å²) in [6.07, 6.45) is 16.7. The quantitative estimate of drug-likeness (QED) is 0.177. The van der Waals surface area contributed by atoms with Crippen molar-refractivity contribution in [1.29, 1.82) is 0 Å². The molecule has 3 nitrogen and oxygen atoms in total. The standard InChI is InChI=1S/C53H38N2O/c1-33-13-11-22-43-45-30-36(25-27-48(45)54(52(33)43)38-16-3-2-4-17-38)35-26-28-49-44(29-35)41-19-7-9-23-47(41)55(49)50-32-37(40-21-12-15-34-14-5-6-18-39(34)40)31-46-42-20-8-10-24-51(42)56-53(46)50/h3,5-23,25-32,51H,2,4,24H2,1H3. The molecule has 3 heterocycles. The summed E-state index contributed by atoms with van der Waals surface area (Å²) in [5.74, 6) is 0.959. The van der Waals surface area contributed by atoms with Crippen LogP contribution in [0.2, 0.25) is 0 Å². The number of aromatic nitrogens is 2. The van der Waals surface area contributed by atoms with Crippen molar-refractivity contribution in [2.45, 2.75) is 32.3 Å². The number of ether oxygens (including phenoxy) is 1. The van der Waals surface area contributed by atoms with E-state index in [-0.39, 0.29) is 6.10 Å². The third-order valence-electron chi connectivity index (χ3n) is 12.3. The van der Waals surface area contributed by atoms with E-state index in [4.69, 9.17) is 4.74 Å². The van der Waals surface area contributed by atoms with Crippen molar-refractivity contribution >= 4 is 65.7 Å². The molecule has 0 amide bonds. The Labute approximate surface area is 325 Å². The van der Waals surface area contributed by atoms with Crippen LogP contribution in [0, 0.1) is 6.92 Å². The summed E-state index contributed by atoms with van der Waals surface area (Å²) in [6, 6.07) is 49.6. The lowest BCUT2D eigenvalue weighted by atomic mass is 9.91. The molecule has 56 heavy (non-hydrogen) atoms. The largest absolute Gasteiger partial charge is 0.483 e. The Hall–Kier alpha value is -6.84. The van der Waals surface area contributed by atoms with Gasteiger partial charge in [-0.25, -0.2) is 0 Å². The van der Waals surface area contributed by atoms with Crippen molar-refractivity contribution in [3.63, 3.8) is 0 Å². The molecule has 0 fully saturated rings. The minimum absolute atomic E-state index is 0.0197. The minimum Gasteiger partial charge on any atom is -0.483 e. The number of hydrogen-bond donors (Lipinski definition) is 0. The van der Waals surface area contributed by atoms with E-state index < -0.39 is 0 Å². The van der Waals surface area contributed by atoms with E-state index >= 15 is 0 Å². The highest BCUT2D eigenvalue weighted by atomic mass is 16.5. The maximum atomic E-state index is 6.91. The van der Waals surface area contributed by atoms with Crippen LogP contribution in [0.3, 0.4) is 0 Å². The van der Waals surface area contributed by atoms with Crippen LogP contribution >= 0.6 is 0 Å². The first-order chi connectivity index (χ1) is 27.7. The Bertz CT molecular complexity index is 3260. The molecule has 0 saturated heterocycles. The van der Waals surface area contributed by atoms with Crippen LogP contribution in [0.4, 0.5) is 0 Å². The van der Waals surface area contributed by atoms with E-state index in [0.29, 0.717) is 0 Å². The van der Waals surface area contributed by atoms with E-state index in [1.165, 1.54) is 99.0 Å². The number of para-hydroxylation sites is 2. The molecular formula is C53H38N2O. The van der Waals surface area contributed by atoms with Gasteiger partial charge in [-0.1, -0.05) is 121 Å². The molecule has 0 N–H and O–H groups in total. The van der Waals surface area contributed by atoms with E-state index in [9.17, 15) is 0 Å². The topological polar surface area (TPSA) is 19.1 Å². The highest BCUT2D eigenvalue weighted by Gasteiger charge is 2.33. The number of allylic oxidation sites excluding steroid dienone is 6. The van der Waals surface area contributed by atoms with Gasteiger partial charge in [0, 0.05) is 44.8 Å². The van der Waals surface area contributed by atoms with Crippen molar-refractivity contribution in [3.8, 4) is 33.7 Å². The van der Waals surface area contributed by atoms with Crippen molar-refractivity contribution in [1.82, 2.24) is 9.13 Å². The molecule has 1 unspecified atom stereocenters. The molecule has 3 heteroatoms. The predicted molar refractivity (Wildman–Crippen MR) is 236 cm³/mol. The van der Waals surface area contributed by atoms with Gasteiger partial charge >= 0.3 is 0 Å². The fraction of sp³-hybridized carbons (Fsp3) is 0.0943. The van der Waals surface area contributed by atoms with Crippen LogP contribution in [0.1, 0.15) is 30.4 Å². The Morgan fingerprint density at radius 2 is 1.30 bits per heavy atom. The zero-order chi connectivity index (χ0) is 36.9. The molecule has 9 aromatic rings. The highest BCUT2D eigenvalue weighted by Crippen LogP contribution is 2.49. The maximum absolute atomic E-state index is 6.91. The summed E-state index contributed by atoms with van der Waals surface area (Å²) in [4.78, 5) is 0. The van der Waals surface area contributed by atoms with Crippen molar-refractivity contribution in [2.24, 2.45) is 0 Å². The molecule has 0 radical (unpaired) electrons. The van der Waals surface area contributed by atoms with Gasteiger partial charge in [-0.15, -0.1) is 0 Å². The molecule has 2 aliphatic carbocycles. The summed E-state index contributed by atoms with van der Waals surface area (Å²) >= 11 is 0. The van der Waals surface area contributed by atoms with Crippen LogP contribution < -0.4 is 4.74 Å². The average molecular weight is 719 g/mol. The number of nitrogens with zero attached hydrogens (tertiary/aromatic N) is 2. The molecule has 266 valence electrons. The van der Waals surface area contributed by atoms with Gasteiger partial charge in [0.2, 0.25) is 0 Å². The van der Waals surface area contributed by atoms with Crippen molar-refractivity contribution in [2.75, 3.05) is 0 Å². The minimum atomic E-state index is 0.0197. The third kappa shape index (κ3) is 4.58. The lowest BCUT2D eigenvalue weighted by Gasteiger charge is -2.16. The number of aryl methyl sites for hydroxylation is 1. The van der Waals surface area contributed by atoms with Crippen molar-refractivity contribution < 1.29 is 4.74 Å². The van der Waals surface area contributed by atoms with E-state index in [0.717, 1.165) is 30.7 Å². The Kier molecular flexibility index (Phi) is 6.80. The highest BCUT2D eigenvalue weighted by molar-refractivity contribution is 6.14. The number of benzene rings is 7.